The summed E-state index contributed by atoms with van der Waals surface area (Å²) in [6, 6.07) is 9.27. The van der Waals surface area contributed by atoms with Crippen LogP contribution in [0.4, 0.5) is 4.79 Å². The van der Waals surface area contributed by atoms with Gasteiger partial charge in [-0.05, 0) is 31.2 Å². The van der Waals surface area contributed by atoms with Gasteiger partial charge in [-0.2, -0.15) is 9.30 Å². The zero-order chi connectivity index (χ0) is 26.9. The minimum atomic E-state index is -3.80. The number of terminal acetylenes is 1. The number of thiazole rings is 1. The molecule has 0 saturated carbocycles. The van der Waals surface area contributed by atoms with Crippen LogP contribution in [0.1, 0.15) is 17.3 Å². The Labute approximate surface area is 222 Å². The van der Waals surface area contributed by atoms with Gasteiger partial charge in [0.2, 0.25) is 16.8 Å². The number of fused-ring (bicyclic) bond motifs is 2. The number of amides is 2. The van der Waals surface area contributed by atoms with Crippen molar-refractivity contribution in [1.82, 2.24) is 13.8 Å². The molecule has 198 valence electrons. The van der Waals surface area contributed by atoms with E-state index in [9.17, 15) is 18.0 Å². The normalized spacial score (nSPS) is 16.0. The summed E-state index contributed by atoms with van der Waals surface area (Å²) in [5.74, 6) is 3.26. The number of sulfonamides is 1. The van der Waals surface area contributed by atoms with E-state index in [1.54, 1.807) is 17.6 Å². The van der Waals surface area contributed by atoms with Gasteiger partial charge in [-0.3, -0.25) is 4.79 Å². The first kappa shape index (κ1) is 25.8. The van der Waals surface area contributed by atoms with Crippen LogP contribution in [0, 0.1) is 12.3 Å². The number of carbonyl (C=O) groups is 2. The predicted octanol–water partition coefficient (Wildman–Crippen LogP) is 2.27. The van der Waals surface area contributed by atoms with Crippen molar-refractivity contribution in [2.24, 2.45) is 4.99 Å². The number of carbonyl (C=O) groups excluding carboxylic acids is 2. The number of hydrogen-bond acceptors (Lipinski definition) is 8. The van der Waals surface area contributed by atoms with Crippen LogP contribution >= 0.6 is 11.3 Å². The first-order valence-electron chi connectivity index (χ1n) is 11.8. The summed E-state index contributed by atoms with van der Waals surface area (Å²) in [7, 11) is -3.80. The Morgan fingerprint density at radius 3 is 2.45 bits per heavy atom. The Bertz CT molecular complexity index is 1610. The fraction of sp³-hybridized carbons (Fsp3) is 0.320. The quantitative estimate of drug-likeness (QED) is 0.442. The highest BCUT2D eigenvalue weighted by Crippen LogP contribution is 2.37. The fourth-order valence-corrected chi connectivity index (χ4v) is 6.64. The summed E-state index contributed by atoms with van der Waals surface area (Å²) in [6.07, 6.45) is 5.10. The maximum absolute atomic E-state index is 13.1. The van der Waals surface area contributed by atoms with Crippen LogP contribution in [0.15, 0.2) is 46.3 Å². The highest BCUT2D eigenvalue weighted by molar-refractivity contribution is 7.89. The average molecular weight is 557 g/mol. The van der Waals surface area contributed by atoms with Crippen LogP contribution in [0.5, 0.6) is 11.5 Å². The summed E-state index contributed by atoms with van der Waals surface area (Å²) in [6.45, 7) is 3.10. The third-order valence-corrected chi connectivity index (χ3v) is 9.08. The number of hydrogen-bond donors (Lipinski definition) is 0. The second-order valence-corrected chi connectivity index (χ2v) is 11.3. The van der Waals surface area contributed by atoms with Gasteiger partial charge in [0.05, 0.1) is 28.3 Å². The van der Waals surface area contributed by atoms with Gasteiger partial charge in [0.1, 0.15) is 0 Å². The molecule has 3 aromatic rings. The lowest BCUT2D eigenvalue weighted by atomic mass is 10.2. The SMILES string of the molecule is C#CCn1c(=NC(=O)c2ccc(S(=O)(=O)N3CCN(C(=O)OCC)CC3)cc2)sc2cc3c(cc21)OCO3. The number of ether oxygens (including phenoxy) is 3. The summed E-state index contributed by atoms with van der Waals surface area (Å²) in [5, 5.41) is 0. The molecule has 38 heavy (non-hydrogen) atoms. The number of piperazine rings is 1. The molecule has 0 spiro atoms. The first-order chi connectivity index (χ1) is 18.3. The summed E-state index contributed by atoms with van der Waals surface area (Å²) in [5.41, 5.74) is 1.00. The summed E-state index contributed by atoms with van der Waals surface area (Å²) < 4.78 is 46.0. The Morgan fingerprint density at radius 1 is 1.11 bits per heavy atom. The van der Waals surface area contributed by atoms with Crippen LogP contribution in [0.2, 0.25) is 0 Å². The standard InChI is InChI=1S/C25H24N4O7S2/c1-3-9-29-19-14-20-21(36-16-35-20)15-22(19)37-24(29)26-23(30)17-5-7-18(8-6-17)38(32,33)28-12-10-27(11-13-28)25(31)34-4-2/h1,5-8,14-15H,4,9-13,16H2,2H3. The molecule has 0 radical (unpaired) electrons. The average Bonchev–Trinajstić information content (AvgIpc) is 3.51. The van der Waals surface area contributed by atoms with E-state index < -0.39 is 22.0 Å². The van der Waals surface area contributed by atoms with Crippen molar-refractivity contribution in [3.05, 3.63) is 46.8 Å². The maximum Gasteiger partial charge on any atom is 0.409 e. The first-order valence-corrected chi connectivity index (χ1v) is 14.0. The molecule has 1 saturated heterocycles. The van der Waals surface area contributed by atoms with E-state index in [1.807, 2.05) is 6.07 Å². The molecule has 1 fully saturated rings. The van der Waals surface area contributed by atoms with Crippen molar-refractivity contribution in [1.29, 1.82) is 0 Å². The molecule has 2 aromatic carbocycles. The lowest BCUT2D eigenvalue weighted by Gasteiger charge is -2.33. The van der Waals surface area contributed by atoms with E-state index in [1.165, 1.54) is 44.8 Å². The minimum absolute atomic E-state index is 0.0532. The highest BCUT2D eigenvalue weighted by atomic mass is 32.2. The number of nitrogens with zero attached hydrogens (tertiary/aromatic N) is 4. The molecule has 2 aliphatic heterocycles. The second kappa shape index (κ2) is 10.5. The van der Waals surface area contributed by atoms with Crippen LogP contribution in [0.25, 0.3) is 10.2 Å². The van der Waals surface area contributed by atoms with Gasteiger partial charge in [-0.15, -0.1) is 6.42 Å². The highest BCUT2D eigenvalue weighted by Gasteiger charge is 2.30. The van der Waals surface area contributed by atoms with Crippen LogP contribution in [-0.4, -0.2) is 73.8 Å². The van der Waals surface area contributed by atoms with Crippen molar-refractivity contribution < 1.29 is 32.2 Å². The molecule has 3 heterocycles. The Balaban J connectivity index is 1.36. The molecule has 0 aliphatic carbocycles. The molecular weight excluding hydrogens is 532 g/mol. The number of rotatable bonds is 5. The molecule has 0 N–H and O–H groups in total. The fourth-order valence-electron chi connectivity index (χ4n) is 4.18. The molecule has 2 aliphatic rings. The molecule has 2 amide bonds. The molecule has 13 heteroatoms. The van der Waals surface area contributed by atoms with Gasteiger partial charge in [0.25, 0.3) is 5.91 Å². The second-order valence-electron chi connectivity index (χ2n) is 8.38. The number of benzene rings is 2. The molecule has 1 aromatic heterocycles. The summed E-state index contributed by atoms with van der Waals surface area (Å²) >= 11 is 1.29. The summed E-state index contributed by atoms with van der Waals surface area (Å²) in [4.78, 5) is 31.1. The van der Waals surface area contributed by atoms with Crippen molar-refractivity contribution in [2.75, 3.05) is 39.6 Å². The molecule has 11 nitrogen and oxygen atoms in total. The Morgan fingerprint density at radius 2 is 1.79 bits per heavy atom. The molecule has 5 rings (SSSR count). The zero-order valence-corrected chi connectivity index (χ0v) is 22.1. The van der Waals surface area contributed by atoms with E-state index in [4.69, 9.17) is 20.6 Å². The molecule has 0 bridgehead atoms. The Hall–Kier alpha value is -3.86. The lowest BCUT2D eigenvalue weighted by Crippen LogP contribution is -2.50. The van der Waals surface area contributed by atoms with Gasteiger partial charge in [0.15, 0.2) is 16.3 Å². The predicted molar refractivity (Wildman–Crippen MR) is 138 cm³/mol. The van der Waals surface area contributed by atoms with Crippen molar-refractivity contribution in [2.45, 2.75) is 18.4 Å². The van der Waals surface area contributed by atoms with Crippen LogP contribution in [-0.2, 0) is 21.3 Å². The minimum Gasteiger partial charge on any atom is -0.454 e. The monoisotopic (exact) mass is 556 g/mol. The Kier molecular flexibility index (Phi) is 7.11. The van der Waals surface area contributed by atoms with Gasteiger partial charge >= 0.3 is 6.09 Å². The van der Waals surface area contributed by atoms with Gasteiger partial charge in [0, 0.05) is 43.9 Å². The van der Waals surface area contributed by atoms with Gasteiger partial charge in [-0.1, -0.05) is 17.3 Å². The third kappa shape index (κ3) is 4.85. The molecule has 0 unspecified atom stereocenters. The largest absolute Gasteiger partial charge is 0.454 e. The number of aromatic nitrogens is 1. The van der Waals surface area contributed by atoms with E-state index in [2.05, 4.69) is 10.9 Å². The van der Waals surface area contributed by atoms with Crippen LogP contribution in [0.3, 0.4) is 0 Å². The van der Waals surface area contributed by atoms with Gasteiger partial charge < -0.3 is 23.7 Å². The van der Waals surface area contributed by atoms with E-state index >= 15 is 0 Å². The van der Waals surface area contributed by atoms with E-state index in [-0.39, 0.29) is 56.6 Å². The third-order valence-electron chi connectivity index (χ3n) is 6.13. The van der Waals surface area contributed by atoms with Gasteiger partial charge in [-0.25, -0.2) is 13.2 Å². The van der Waals surface area contributed by atoms with E-state index in [0.29, 0.717) is 16.3 Å². The van der Waals surface area contributed by atoms with Crippen LogP contribution < -0.4 is 14.3 Å². The van der Waals surface area contributed by atoms with E-state index in [0.717, 1.165) is 10.2 Å². The maximum atomic E-state index is 13.1. The molecule has 0 atom stereocenters. The van der Waals surface area contributed by atoms with Crippen molar-refractivity contribution in [3.8, 4) is 23.8 Å². The topological polar surface area (TPSA) is 120 Å². The smallest absolute Gasteiger partial charge is 0.409 e. The molecular formula is C25H24N4O7S2. The van der Waals surface area contributed by atoms with Crippen molar-refractivity contribution in [3.63, 3.8) is 0 Å². The lowest BCUT2D eigenvalue weighted by molar-refractivity contribution is 0.0933. The zero-order valence-electron chi connectivity index (χ0n) is 20.5. The van der Waals surface area contributed by atoms with Crippen molar-refractivity contribution >= 4 is 43.6 Å².